The molecule has 0 spiro atoms. The summed E-state index contributed by atoms with van der Waals surface area (Å²) in [5.74, 6) is -1.65. The highest BCUT2D eigenvalue weighted by atomic mass is 16.7. The Labute approximate surface area is 132 Å². The monoisotopic (exact) mass is 307 g/mol. The van der Waals surface area contributed by atoms with Gasteiger partial charge in [0.25, 0.3) is 5.79 Å². The molecule has 0 N–H and O–H groups in total. The minimum absolute atomic E-state index is 0.218. The summed E-state index contributed by atoms with van der Waals surface area (Å²) >= 11 is 0. The first kappa shape index (κ1) is 17.1. The van der Waals surface area contributed by atoms with E-state index in [9.17, 15) is 4.79 Å². The molecule has 1 aromatic rings. The van der Waals surface area contributed by atoms with E-state index in [1.807, 2.05) is 18.2 Å². The smallest absolute Gasteiger partial charge is 0.261 e. The van der Waals surface area contributed by atoms with Crippen LogP contribution in [0.25, 0.3) is 0 Å². The van der Waals surface area contributed by atoms with Crippen LogP contribution in [0.2, 0.25) is 0 Å². The van der Waals surface area contributed by atoms with Crippen molar-refractivity contribution >= 4 is 5.78 Å². The molecule has 1 saturated heterocycles. The lowest BCUT2D eigenvalue weighted by Crippen LogP contribution is -2.57. The molecule has 1 aliphatic rings. The predicted molar refractivity (Wildman–Crippen MR) is 84.0 cm³/mol. The Kier molecular flexibility index (Phi) is 6.08. The van der Waals surface area contributed by atoms with Crippen LogP contribution in [-0.2, 0) is 14.2 Å². The first-order valence-electron chi connectivity index (χ1n) is 7.63. The topological polar surface area (TPSA) is 48.0 Å². The van der Waals surface area contributed by atoms with Gasteiger partial charge >= 0.3 is 0 Å². The van der Waals surface area contributed by atoms with Crippen LogP contribution >= 0.6 is 0 Å². The number of nitrogens with zero attached hydrogens (tertiary/aromatic N) is 1. The summed E-state index contributed by atoms with van der Waals surface area (Å²) in [6, 6.07) is 9.04. The zero-order chi connectivity index (χ0) is 16.0. The number of hydrogen-bond acceptors (Lipinski definition) is 5. The summed E-state index contributed by atoms with van der Waals surface area (Å²) in [5.41, 5.74) is 0.551. The van der Waals surface area contributed by atoms with Crippen LogP contribution in [0.1, 0.15) is 23.2 Å². The van der Waals surface area contributed by atoms with E-state index >= 15 is 0 Å². The van der Waals surface area contributed by atoms with Gasteiger partial charge in [-0.15, -0.1) is 0 Å². The minimum Gasteiger partial charge on any atom is -0.374 e. The van der Waals surface area contributed by atoms with E-state index < -0.39 is 11.9 Å². The van der Waals surface area contributed by atoms with Crippen LogP contribution in [0.3, 0.4) is 0 Å². The van der Waals surface area contributed by atoms with E-state index in [2.05, 4.69) is 4.90 Å². The summed E-state index contributed by atoms with van der Waals surface area (Å²) in [6.45, 7) is 2.64. The molecule has 0 bridgehead atoms. The number of rotatable bonds is 8. The van der Waals surface area contributed by atoms with E-state index in [1.165, 1.54) is 27.1 Å². The van der Waals surface area contributed by atoms with Crippen LogP contribution in [-0.4, -0.2) is 63.5 Å². The number of benzene rings is 1. The molecule has 0 radical (unpaired) electrons. The van der Waals surface area contributed by atoms with E-state index in [-0.39, 0.29) is 5.78 Å². The summed E-state index contributed by atoms with van der Waals surface area (Å²) in [5, 5.41) is 0. The number of carbonyl (C=O) groups excluding carboxylic acids is 1. The fourth-order valence-corrected chi connectivity index (χ4v) is 3.02. The molecule has 1 aromatic carbocycles. The van der Waals surface area contributed by atoms with Crippen LogP contribution in [0.15, 0.2) is 30.3 Å². The van der Waals surface area contributed by atoms with Gasteiger partial charge in [0.15, 0.2) is 0 Å². The molecule has 22 heavy (non-hydrogen) atoms. The molecular weight excluding hydrogens is 282 g/mol. The molecule has 1 atom stereocenters. The average molecular weight is 307 g/mol. The predicted octanol–water partition coefficient (Wildman–Crippen LogP) is 1.97. The first-order valence-corrected chi connectivity index (χ1v) is 7.63. The average Bonchev–Trinajstić information content (AvgIpc) is 3.09. The maximum absolute atomic E-state index is 13.0. The van der Waals surface area contributed by atoms with Crippen molar-refractivity contribution in [1.82, 2.24) is 4.90 Å². The van der Waals surface area contributed by atoms with Crippen LogP contribution in [0.4, 0.5) is 0 Å². The number of ether oxygens (including phenoxy) is 3. The van der Waals surface area contributed by atoms with Crippen LogP contribution < -0.4 is 0 Å². The number of likely N-dealkylation sites (tertiary alicyclic amines) is 1. The molecule has 0 amide bonds. The maximum Gasteiger partial charge on any atom is 0.261 e. The molecule has 0 saturated carbocycles. The van der Waals surface area contributed by atoms with Crippen molar-refractivity contribution in [3.8, 4) is 0 Å². The maximum atomic E-state index is 13.0. The summed E-state index contributed by atoms with van der Waals surface area (Å²) in [7, 11) is 4.56. The quantitative estimate of drug-likeness (QED) is 0.543. The largest absolute Gasteiger partial charge is 0.374 e. The third-order valence-electron chi connectivity index (χ3n) is 4.29. The second-order valence-electron chi connectivity index (χ2n) is 5.50. The van der Waals surface area contributed by atoms with E-state index in [0.717, 1.165) is 13.1 Å². The van der Waals surface area contributed by atoms with Crippen molar-refractivity contribution < 1.29 is 19.0 Å². The van der Waals surface area contributed by atoms with Crippen LogP contribution in [0.5, 0.6) is 0 Å². The van der Waals surface area contributed by atoms with Crippen molar-refractivity contribution in [2.75, 3.05) is 41.0 Å². The molecule has 0 aliphatic carbocycles. The fourth-order valence-electron chi connectivity index (χ4n) is 3.02. The number of hydrogen-bond donors (Lipinski definition) is 0. The van der Waals surface area contributed by atoms with Gasteiger partial charge in [-0.25, -0.2) is 0 Å². The van der Waals surface area contributed by atoms with Crippen molar-refractivity contribution in [2.24, 2.45) is 0 Å². The molecule has 122 valence electrons. The van der Waals surface area contributed by atoms with Crippen molar-refractivity contribution in [3.63, 3.8) is 0 Å². The fraction of sp³-hybridized carbons (Fsp3) is 0.588. The van der Waals surface area contributed by atoms with Gasteiger partial charge in [0.05, 0.1) is 0 Å². The molecule has 2 rings (SSSR count). The Balaban J connectivity index is 2.26. The van der Waals surface area contributed by atoms with E-state index in [4.69, 9.17) is 14.2 Å². The molecule has 5 heteroatoms. The van der Waals surface area contributed by atoms with Crippen molar-refractivity contribution in [1.29, 1.82) is 0 Å². The Bertz CT molecular complexity index is 467. The van der Waals surface area contributed by atoms with Gasteiger partial charge in [-0.2, -0.15) is 0 Å². The molecule has 0 aromatic heterocycles. The lowest BCUT2D eigenvalue weighted by Gasteiger charge is -2.37. The SMILES string of the molecule is COC(CN1CCCC1)C(OC)(OC)C(=O)c1ccccc1. The summed E-state index contributed by atoms with van der Waals surface area (Å²) in [4.78, 5) is 15.2. The Morgan fingerprint density at radius 1 is 1.14 bits per heavy atom. The number of ketones is 1. The third-order valence-corrected chi connectivity index (χ3v) is 4.29. The van der Waals surface area contributed by atoms with Gasteiger partial charge in [-0.1, -0.05) is 30.3 Å². The summed E-state index contributed by atoms with van der Waals surface area (Å²) < 4.78 is 16.7. The van der Waals surface area contributed by atoms with E-state index in [1.54, 1.807) is 19.2 Å². The molecule has 1 fully saturated rings. The van der Waals surface area contributed by atoms with Crippen LogP contribution in [0, 0.1) is 0 Å². The molecule has 1 heterocycles. The van der Waals surface area contributed by atoms with Gasteiger partial charge in [-0.05, 0) is 25.9 Å². The zero-order valence-electron chi connectivity index (χ0n) is 13.6. The van der Waals surface area contributed by atoms with Gasteiger partial charge in [0.2, 0.25) is 5.78 Å². The standard InChI is InChI=1S/C17H25NO4/c1-20-15(13-18-11-7-8-12-18)17(21-2,22-3)16(19)14-9-5-4-6-10-14/h4-6,9-10,15H,7-8,11-13H2,1-3H3. The molecule has 5 nitrogen and oxygen atoms in total. The normalized spacial score (nSPS) is 17.6. The van der Waals surface area contributed by atoms with Gasteiger partial charge in [0.1, 0.15) is 6.10 Å². The second-order valence-corrected chi connectivity index (χ2v) is 5.50. The van der Waals surface area contributed by atoms with E-state index in [0.29, 0.717) is 12.1 Å². The zero-order valence-corrected chi connectivity index (χ0v) is 13.6. The number of carbonyl (C=O) groups is 1. The third kappa shape index (κ3) is 3.38. The number of methoxy groups -OCH3 is 3. The minimum atomic E-state index is -1.43. The second kappa shape index (κ2) is 7.83. The lowest BCUT2D eigenvalue weighted by molar-refractivity contribution is -0.231. The lowest BCUT2D eigenvalue weighted by atomic mass is 9.97. The highest BCUT2D eigenvalue weighted by Crippen LogP contribution is 2.26. The van der Waals surface area contributed by atoms with Gasteiger partial charge < -0.3 is 19.1 Å². The Hall–Kier alpha value is -1.27. The Morgan fingerprint density at radius 3 is 2.23 bits per heavy atom. The van der Waals surface area contributed by atoms with Gasteiger partial charge in [-0.3, -0.25) is 4.79 Å². The van der Waals surface area contributed by atoms with Gasteiger partial charge in [0, 0.05) is 33.4 Å². The molecule has 1 aliphatic heterocycles. The molecule has 1 unspecified atom stereocenters. The summed E-state index contributed by atoms with van der Waals surface area (Å²) in [6.07, 6.45) is 1.86. The van der Waals surface area contributed by atoms with Crippen molar-refractivity contribution in [3.05, 3.63) is 35.9 Å². The molecular formula is C17H25NO4. The first-order chi connectivity index (χ1) is 10.7. The Morgan fingerprint density at radius 2 is 1.73 bits per heavy atom. The highest BCUT2D eigenvalue weighted by Gasteiger charge is 2.48. The van der Waals surface area contributed by atoms with Crippen molar-refractivity contribution in [2.45, 2.75) is 24.7 Å². The number of Topliss-reactive ketones (excluding diaryl/α,β-unsaturated/α-hetero) is 1. The highest BCUT2D eigenvalue weighted by molar-refractivity contribution is 6.02.